The predicted molar refractivity (Wildman–Crippen MR) is 81.1 cm³/mol. The van der Waals surface area contributed by atoms with Crippen molar-refractivity contribution in [3.05, 3.63) is 63.9 Å². The van der Waals surface area contributed by atoms with Gasteiger partial charge in [0.25, 0.3) is 0 Å². The van der Waals surface area contributed by atoms with Crippen molar-refractivity contribution in [3.63, 3.8) is 0 Å². The molecule has 0 aromatic heterocycles. The van der Waals surface area contributed by atoms with E-state index in [4.69, 9.17) is 9.47 Å². The van der Waals surface area contributed by atoms with Crippen LogP contribution in [-0.4, -0.2) is 19.2 Å². The van der Waals surface area contributed by atoms with E-state index in [9.17, 15) is 9.18 Å². The molecule has 0 amide bonds. The lowest BCUT2D eigenvalue weighted by molar-refractivity contribution is 0.0449. The first-order valence-electron chi connectivity index (χ1n) is 6.38. The Balaban J connectivity index is 1.81. The van der Waals surface area contributed by atoms with Crippen molar-refractivity contribution in [2.24, 2.45) is 0 Å². The van der Waals surface area contributed by atoms with E-state index >= 15 is 0 Å². The number of halogens is 2. The number of rotatable bonds is 5. The maximum absolute atomic E-state index is 13.1. The molecule has 21 heavy (non-hydrogen) atoms. The summed E-state index contributed by atoms with van der Waals surface area (Å²) in [7, 11) is 0. The summed E-state index contributed by atoms with van der Waals surface area (Å²) in [5.74, 6) is -0.362. The molecule has 2 rings (SSSR count). The first-order chi connectivity index (χ1) is 10.1. The average molecular weight is 353 g/mol. The minimum atomic E-state index is -0.589. The average Bonchev–Trinajstić information content (AvgIpc) is 2.47. The third-order valence-electron chi connectivity index (χ3n) is 2.75. The zero-order valence-electron chi connectivity index (χ0n) is 11.4. The molecular weight excluding hydrogens is 339 g/mol. The summed E-state index contributed by atoms with van der Waals surface area (Å²) < 4.78 is 24.1. The Bertz CT molecular complexity index is 626. The molecule has 0 spiro atoms. The van der Waals surface area contributed by atoms with Gasteiger partial charge < -0.3 is 9.47 Å². The molecule has 2 aromatic rings. The van der Waals surface area contributed by atoms with Gasteiger partial charge >= 0.3 is 5.97 Å². The van der Waals surface area contributed by atoms with Gasteiger partial charge in [-0.15, -0.1) is 0 Å². The largest absolute Gasteiger partial charge is 0.490 e. The Labute approximate surface area is 130 Å². The Kier molecular flexibility index (Phi) is 5.33. The van der Waals surface area contributed by atoms with Crippen molar-refractivity contribution >= 4 is 21.9 Å². The van der Waals surface area contributed by atoms with Crippen molar-refractivity contribution in [2.75, 3.05) is 13.2 Å². The summed E-state index contributed by atoms with van der Waals surface area (Å²) in [6.45, 7) is 2.32. The van der Waals surface area contributed by atoms with E-state index in [1.165, 1.54) is 12.1 Å². The van der Waals surface area contributed by atoms with Gasteiger partial charge in [0.05, 0.1) is 5.56 Å². The lowest BCUT2D eigenvalue weighted by atomic mass is 10.2. The lowest BCUT2D eigenvalue weighted by Gasteiger charge is -2.08. The highest BCUT2D eigenvalue weighted by molar-refractivity contribution is 9.10. The highest BCUT2D eigenvalue weighted by Crippen LogP contribution is 2.18. The van der Waals surface area contributed by atoms with Crippen LogP contribution < -0.4 is 4.74 Å². The molecule has 5 heteroatoms. The van der Waals surface area contributed by atoms with E-state index < -0.39 is 11.8 Å². The van der Waals surface area contributed by atoms with E-state index in [2.05, 4.69) is 15.9 Å². The normalized spacial score (nSPS) is 10.2. The Morgan fingerprint density at radius 2 is 1.86 bits per heavy atom. The summed E-state index contributed by atoms with van der Waals surface area (Å²) in [5, 5.41) is 0. The van der Waals surface area contributed by atoms with Crippen LogP contribution in [0.4, 0.5) is 4.39 Å². The van der Waals surface area contributed by atoms with Gasteiger partial charge in [-0.1, -0.05) is 17.7 Å². The highest BCUT2D eigenvalue weighted by Gasteiger charge is 2.12. The summed E-state index contributed by atoms with van der Waals surface area (Å²) in [6, 6.07) is 11.4. The SMILES string of the molecule is Cc1ccc(OCCOC(=O)c2cc(F)ccc2Br)cc1. The Morgan fingerprint density at radius 3 is 2.57 bits per heavy atom. The number of hydrogen-bond acceptors (Lipinski definition) is 3. The van der Waals surface area contributed by atoms with E-state index in [1.807, 2.05) is 31.2 Å². The second kappa shape index (κ2) is 7.22. The quantitative estimate of drug-likeness (QED) is 0.599. The molecule has 0 saturated carbocycles. The van der Waals surface area contributed by atoms with E-state index in [1.54, 1.807) is 0 Å². The summed E-state index contributed by atoms with van der Waals surface area (Å²) >= 11 is 3.18. The second-order valence-electron chi connectivity index (χ2n) is 4.42. The van der Waals surface area contributed by atoms with Crippen molar-refractivity contribution in [1.29, 1.82) is 0 Å². The molecule has 0 saturated heterocycles. The molecule has 110 valence electrons. The van der Waals surface area contributed by atoms with Gasteiger partial charge in [-0.3, -0.25) is 0 Å². The van der Waals surface area contributed by atoms with Gasteiger partial charge in [0.2, 0.25) is 0 Å². The van der Waals surface area contributed by atoms with Gasteiger partial charge in [-0.05, 0) is 53.2 Å². The van der Waals surface area contributed by atoms with E-state index in [-0.39, 0.29) is 18.8 Å². The fourth-order valence-corrected chi connectivity index (χ4v) is 2.07. The molecular formula is C16H14BrFO3. The smallest absolute Gasteiger partial charge is 0.339 e. The van der Waals surface area contributed by atoms with Crippen LogP contribution in [0.15, 0.2) is 46.9 Å². The molecule has 0 atom stereocenters. The van der Waals surface area contributed by atoms with Crippen molar-refractivity contribution in [3.8, 4) is 5.75 Å². The third kappa shape index (κ3) is 4.56. The summed E-state index contributed by atoms with van der Waals surface area (Å²) in [4.78, 5) is 11.8. The lowest BCUT2D eigenvalue weighted by Crippen LogP contribution is -2.13. The number of benzene rings is 2. The first-order valence-corrected chi connectivity index (χ1v) is 7.17. The molecule has 0 bridgehead atoms. The number of esters is 1. The van der Waals surface area contributed by atoms with Gasteiger partial charge in [0.1, 0.15) is 24.8 Å². The van der Waals surface area contributed by atoms with Gasteiger partial charge in [-0.2, -0.15) is 0 Å². The number of carbonyl (C=O) groups is 1. The molecule has 0 aliphatic rings. The molecule has 0 fully saturated rings. The minimum absolute atomic E-state index is 0.0929. The van der Waals surface area contributed by atoms with Crippen LogP contribution in [0.3, 0.4) is 0 Å². The maximum atomic E-state index is 13.1. The fourth-order valence-electron chi connectivity index (χ4n) is 1.66. The van der Waals surface area contributed by atoms with Crippen LogP contribution >= 0.6 is 15.9 Å². The molecule has 0 aliphatic heterocycles. The van der Waals surface area contributed by atoms with Gasteiger partial charge in [0, 0.05) is 4.47 Å². The molecule has 0 N–H and O–H groups in total. The Hall–Kier alpha value is -1.88. The molecule has 0 radical (unpaired) electrons. The highest BCUT2D eigenvalue weighted by atomic mass is 79.9. The van der Waals surface area contributed by atoms with Gasteiger partial charge in [-0.25, -0.2) is 9.18 Å². The number of ether oxygens (including phenoxy) is 2. The van der Waals surface area contributed by atoms with Crippen LogP contribution in [0.5, 0.6) is 5.75 Å². The van der Waals surface area contributed by atoms with E-state index in [0.29, 0.717) is 10.2 Å². The Morgan fingerprint density at radius 1 is 1.14 bits per heavy atom. The van der Waals surface area contributed by atoms with Gasteiger partial charge in [0.15, 0.2) is 0 Å². The van der Waals surface area contributed by atoms with Crippen LogP contribution in [0.25, 0.3) is 0 Å². The maximum Gasteiger partial charge on any atom is 0.339 e. The first kappa shape index (κ1) is 15.5. The topological polar surface area (TPSA) is 35.5 Å². The predicted octanol–water partition coefficient (Wildman–Crippen LogP) is 4.13. The minimum Gasteiger partial charge on any atom is -0.490 e. The molecule has 0 heterocycles. The molecule has 3 nitrogen and oxygen atoms in total. The third-order valence-corrected chi connectivity index (χ3v) is 3.45. The zero-order chi connectivity index (χ0) is 15.2. The standard InChI is InChI=1S/C16H14BrFO3/c1-11-2-5-13(6-3-11)20-8-9-21-16(19)14-10-12(18)4-7-15(14)17/h2-7,10H,8-9H2,1H3. The molecule has 0 aliphatic carbocycles. The number of hydrogen-bond donors (Lipinski definition) is 0. The second-order valence-corrected chi connectivity index (χ2v) is 5.28. The molecule has 2 aromatic carbocycles. The van der Waals surface area contributed by atoms with Crippen molar-refractivity contribution < 1.29 is 18.7 Å². The number of carbonyl (C=O) groups excluding carboxylic acids is 1. The van der Waals surface area contributed by atoms with Crippen LogP contribution in [-0.2, 0) is 4.74 Å². The van der Waals surface area contributed by atoms with Crippen LogP contribution in [0.2, 0.25) is 0 Å². The van der Waals surface area contributed by atoms with Crippen LogP contribution in [0, 0.1) is 12.7 Å². The van der Waals surface area contributed by atoms with E-state index in [0.717, 1.165) is 11.6 Å². The zero-order valence-corrected chi connectivity index (χ0v) is 13.0. The van der Waals surface area contributed by atoms with Crippen molar-refractivity contribution in [1.82, 2.24) is 0 Å². The van der Waals surface area contributed by atoms with Crippen molar-refractivity contribution in [2.45, 2.75) is 6.92 Å². The monoisotopic (exact) mass is 352 g/mol. The summed E-state index contributed by atoms with van der Waals surface area (Å²) in [6.07, 6.45) is 0. The summed E-state index contributed by atoms with van der Waals surface area (Å²) in [5.41, 5.74) is 1.30. The fraction of sp³-hybridized carbons (Fsp3) is 0.188. The van der Waals surface area contributed by atoms with Crippen LogP contribution in [0.1, 0.15) is 15.9 Å². The molecule has 0 unspecified atom stereocenters. The number of aryl methyl sites for hydroxylation is 1.